The number of Topliss-reactive ketones (excluding diaryl/α,β-unsaturated/α-hetero) is 1. The molecule has 4 nitrogen and oxygen atoms in total. The van der Waals surface area contributed by atoms with E-state index in [0.717, 1.165) is 4.90 Å². The maximum Gasteiger partial charge on any atom is 0.306 e. The summed E-state index contributed by atoms with van der Waals surface area (Å²) in [6, 6.07) is 0. The lowest BCUT2D eigenvalue weighted by atomic mass is 10.1. The molecular weight excluding hydrogens is 194 g/mol. The van der Waals surface area contributed by atoms with Crippen molar-refractivity contribution in [1.82, 2.24) is 4.90 Å². The zero-order valence-corrected chi connectivity index (χ0v) is 8.61. The highest BCUT2D eigenvalue weighted by atomic mass is 16.2. The third kappa shape index (κ3) is 1.79. The molecule has 0 unspecified atom stereocenters. The van der Waals surface area contributed by atoms with Crippen LogP contribution in [0, 0.1) is 0 Å². The summed E-state index contributed by atoms with van der Waals surface area (Å²) in [6.07, 6.45) is 4.81. The van der Waals surface area contributed by atoms with Gasteiger partial charge in [-0.3, -0.25) is 14.4 Å². The van der Waals surface area contributed by atoms with E-state index < -0.39 is 17.6 Å². The van der Waals surface area contributed by atoms with Gasteiger partial charge in [-0.15, -0.1) is 0 Å². The molecule has 0 saturated carbocycles. The zero-order chi connectivity index (χ0) is 11.6. The lowest BCUT2D eigenvalue weighted by Crippen LogP contribution is -2.30. The fourth-order valence-corrected chi connectivity index (χ4v) is 1.29. The molecule has 1 fully saturated rings. The predicted octanol–water partition coefficient (Wildman–Crippen LogP) is 0.960. The van der Waals surface area contributed by atoms with Crippen LogP contribution in [0.25, 0.3) is 0 Å². The van der Waals surface area contributed by atoms with Crippen molar-refractivity contribution in [2.24, 2.45) is 0 Å². The molecule has 1 aliphatic rings. The number of imide groups is 1. The van der Waals surface area contributed by atoms with Crippen molar-refractivity contribution >= 4 is 17.6 Å². The minimum atomic E-state index is -0.830. The fourth-order valence-electron chi connectivity index (χ4n) is 1.29. The van der Waals surface area contributed by atoms with Gasteiger partial charge < -0.3 is 0 Å². The summed E-state index contributed by atoms with van der Waals surface area (Å²) in [6.45, 7) is 6.55. The van der Waals surface area contributed by atoms with Crippen LogP contribution in [0.1, 0.15) is 13.8 Å². The Morgan fingerprint density at radius 3 is 2.40 bits per heavy atom. The van der Waals surface area contributed by atoms with Crippen LogP contribution in [0.5, 0.6) is 0 Å². The summed E-state index contributed by atoms with van der Waals surface area (Å²) in [5.74, 6) is -2.02. The van der Waals surface area contributed by atoms with Crippen LogP contribution in [0.2, 0.25) is 0 Å². The Balaban J connectivity index is 3.17. The number of likely N-dealkylation sites (tertiary alicyclic amines) is 1. The average Bonchev–Trinajstić information content (AvgIpc) is 2.37. The molecule has 0 N–H and O–H groups in total. The highest BCUT2D eigenvalue weighted by molar-refractivity contribution is 6.49. The number of ketones is 1. The Bertz CT molecular complexity index is 416. The zero-order valence-electron chi connectivity index (χ0n) is 8.61. The average molecular weight is 205 g/mol. The molecule has 1 rings (SSSR count). The van der Waals surface area contributed by atoms with E-state index in [0.29, 0.717) is 0 Å². The van der Waals surface area contributed by atoms with E-state index in [1.807, 2.05) is 0 Å². The van der Waals surface area contributed by atoms with Gasteiger partial charge in [0, 0.05) is 6.92 Å². The Kier molecular flexibility index (Phi) is 2.99. The Labute approximate surface area is 87.6 Å². The molecule has 0 atom stereocenters. The SMILES string of the molecule is C=C1/C(=C\C=C/C)C(=O)C(=O)N1C(C)=O. The number of rotatable bonds is 1. The van der Waals surface area contributed by atoms with Crippen LogP contribution in [-0.2, 0) is 14.4 Å². The van der Waals surface area contributed by atoms with Gasteiger partial charge in [0.1, 0.15) is 0 Å². The van der Waals surface area contributed by atoms with Crippen LogP contribution in [0.3, 0.4) is 0 Å². The third-order valence-corrected chi connectivity index (χ3v) is 1.99. The largest absolute Gasteiger partial charge is 0.306 e. The van der Waals surface area contributed by atoms with Gasteiger partial charge in [-0.05, 0) is 13.0 Å². The molecule has 4 heteroatoms. The van der Waals surface area contributed by atoms with Gasteiger partial charge in [0.25, 0.3) is 5.78 Å². The van der Waals surface area contributed by atoms with E-state index in [9.17, 15) is 14.4 Å². The van der Waals surface area contributed by atoms with Crippen LogP contribution >= 0.6 is 0 Å². The summed E-state index contributed by atoms with van der Waals surface area (Å²) < 4.78 is 0. The maximum atomic E-state index is 11.4. The quantitative estimate of drug-likeness (QED) is 0.473. The summed E-state index contributed by atoms with van der Waals surface area (Å²) >= 11 is 0. The number of amides is 2. The maximum absolute atomic E-state index is 11.4. The molecule has 1 aliphatic heterocycles. The summed E-state index contributed by atoms with van der Waals surface area (Å²) in [5.41, 5.74) is 0.323. The molecule has 0 spiro atoms. The molecule has 0 aromatic carbocycles. The molecule has 0 aliphatic carbocycles. The summed E-state index contributed by atoms with van der Waals surface area (Å²) in [5, 5.41) is 0. The van der Waals surface area contributed by atoms with Gasteiger partial charge in [0.2, 0.25) is 5.91 Å². The van der Waals surface area contributed by atoms with Gasteiger partial charge in [0.05, 0.1) is 11.3 Å². The fraction of sp³-hybridized carbons (Fsp3) is 0.182. The van der Waals surface area contributed by atoms with Crippen molar-refractivity contribution in [2.45, 2.75) is 13.8 Å². The van der Waals surface area contributed by atoms with Gasteiger partial charge in [-0.25, -0.2) is 4.90 Å². The summed E-state index contributed by atoms with van der Waals surface area (Å²) in [7, 11) is 0. The number of hydrogen-bond donors (Lipinski definition) is 0. The van der Waals surface area contributed by atoms with Crippen molar-refractivity contribution in [1.29, 1.82) is 0 Å². The van der Waals surface area contributed by atoms with E-state index in [4.69, 9.17) is 0 Å². The lowest BCUT2D eigenvalue weighted by molar-refractivity contribution is -0.144. The molecule has 0 aromatic heterocycles. The first-order chi connectivity index (χ1) is 7.00. The smallest absolute Gasteiger partial charge is 0.283 e. The Hall–Kier alpha value is -1.97. The van der Waals surface area contributed by atoms with E-state index in [-0.39, 0.29) is 11.3 Å². The molecule has 0 bridgehead atoms. The first kappa shape index (κ1) is 11.1. The predicted molar refractivity (Wildman–Crippen MR) is 54.6 cm³/mol. The first-order valence-corrected chi connectivity index (χ1v) is 4.42. The Morgan fingerprint density at radius 2 is 2.00 bits per heavy atom. The second kappa shape index (κ2) is 4.04. The topological polar surface area (TPSA) is 54.5 Å². The van der Waals surface area contributed by atoms with Crippen molar-refractivity contribution in [3.63, 3.8) is 0 Å². The van der Waals surface area contributed by atoms with E-state index in [1.54, 1.807) is 19.1 Å². The third-order valence-electron chi connectivity index (χ3n) is 1.99. The number of carbonyl (C=O) groups excluding carboxylic acids is 3. The van der Waals surface area contributed by atoms with Gasteiger partial charge >= 0.3 is 5.91 Å². The van der Waals surface area contributed by atoms with Gasteiger partial charge in [-0.2, -0.15) is 0 Å². The first-order valence-electron chi connectivity index (χ1n) is 4.42. The van der Waals surface area contributed by atoms with Gasteiger partial charge in [-0.1, -0.05) is 18.7 Å². The van der Waals surface area contributed by atoms with E-state index in [2.05, 4.69) is 6.58 Å². The Morgan fingerprint density at radius 1 is 1.40 bits per heavy atom. The molecule has 2 amide bonds. The number of hydrogen-bond acceptors (Lipinski definition) is 3. The normalized spacial score (nSPS) is 19.7. The molecule has 0 aromatic rings. The van der Waals surface area contributed by atoms with Crippen molar-refractivity contribution in [2.75, 3.05) is 0 Å². The van der Waals surface area contributed by atoms with Crippen molar-refractivity contribution in [3.8, 4) is 0 Å². The summed E-state index contributed by atoms with van der Waals surface area (Å²) in [4.78, 5) is 34.7. The van der Waals surface area contributed by atoms with Crippen LogP contribution in [0.4, 0.5) is 0 Å². The molecule has 78 valence electrons. The molecule has 1 heterocycles. The second-order valence-electron chi connectivity index (χ2n) is 3.04. The second-order valence-corrected chi connectivity index (χ2v) is 3.04. The number of allylic oxidation sites excluding steroid dienone is 4. The van der Waals surface area contributed by atoms with Crippen LogP contribution in [0.15, 0.2) is 36.1 Å². The molecule has 15 heavy (non-hydrogen) atoms. The number of carbonyl (C=O) groups is 3. The lowest BCUT2D eigenvalue weighted by Gasteiger charge is -2.09. The van der Waals surface area contributed by atoms with Crippen molar-refractivity contribution in [3.05, 3.63) is 36.1 Å². The molecule has 0 radical (unpaired) electrons. The van der Waals surface area contributed by atoms with Gasteiger partial charge in [0.15, 0.2) is 0 Å². The highest BCUT2D eigenvalue weighted by Gasteiger charge is 2.39. The number of nitrogens with zero attached hydrogens (tertiary/aromatic N) is 1. The van der Waals surface area contributed by atoms with Crippen LogP contribution < -0.4 is 0 Å². The van der Waals surface area contributed by atoms with Crippen molar-refractivity contribution < 1.29 is 14.4 Å². The molecule has 1 saturated heterocycles. The van der Waals surface area contributed by atoms with E-state index in [1.165, 1.54) is 13.0 Å². The highest BCUT2D eigenvalue weighted by Crippen LogP contribution is 2.24. The molecular formula is C11H11NO3. The van der Waals surface area contributed by atoms with E-state index >= 15 is 0 Å². The minimum Gasteiger partial charge on any atom is -0.283 e. The van der Waals surface area contributed by atoms with Crippen LogP contribution in [-0.4, -0.2) is 22.5 Å². The standard InChI is InChI=1S/C11H11NO3/c1-4-5-6-9-7(2)12(8(3)13)11(15)10(9)14/h4-6H,2H2,1,3H3/b5-4-,9-6+. The minimum absolute atomic E-state index is 0.149. The monoisotopic (exact) mass is 205 g/mol.